The number of allylic oxidation sites excluding steroid dienone is 1. The molecule has 2 aromatic carbocycles. The number of amides is 1. The van der Waals surface area contributed by atoms with Crippen molar-refractivity contribution < 1.29 is 13.2 Å². The van der Waals surface area contributed by atoms with Crippen molar-refractivity contribution in [1.29, 1.82) is 0 Å². The molecule has 26 heavy (non-hydrogen) atoms. The maximum absolute atomic E-state index is 12.4. The summed E-state index contributed by atoms with van der Waals surface area (Å²) in [6.07, 6.45) is 4.91. The van der Waals surface area contributed by atoms with Crippen molar-refractivity contribution in [2.45, 2.75) is 4.90 Å². The number of carbonyl (C=O) groups is 1. The van der Waals surface area contributed by atoms with Gasteiger partial charge in [0, 0.05) is 18.3 Å². The Morgan fingerprint density at radius 2 is 1.81 bits per heavy atom. The smallest absolute Gasteiger partial charge is 0.255 e. The molecule has 1 amide bonds. The Bertz CT molecular complexity index is 895. The lowest BCUT2D eigenvalue weighted by atomic mass is 10.2. The topological polar surface area (TPSA) is 78.8 Å². The quantitative estimate of drug-likeness (QED) is 0.582. The Hall–Kier alpha value is -2.48. The molecule has 0 unspecified atom stereocenters. The van der Waals surface area contributed by atoms with Crippen LogP contribution in [-0.4, -0.2) is 38.4 Å². The van der Waals surface area contributed by atoms with Crippen LogP contribution in [0, 0.1) is 0 Å². The van der Waals surface area contributed by atoms with Gasteiger partial charge in [0.05, 0.1) is 11.4 Å². The van der Waals surface area contributed by atoms with Crippen molar-refractivity contribution in [2.24, 2.45) is 5.10 Å². The average molecular weight is 392 g/mol. The number of hydrogen-bond donors (Lipinski definition) is 1. The standard InChI is InChI=1S/C18H18ClN3O3S/c1-22(26(24,25)17-11-9-16(19)10-12-17)14-18(23)21-20-13-5-8-15-6-3-2-4-7-15/h2-13H,14H2,1H3,(H,21,23)/b8-5+,20-13-. The monoisotopic (exact) mass is 391 g/mol. The van der Waals surface area contributed by atoms with E-state index >= 15 is 0 Å². The van der Waals surface area contributed by atoms with E-state index in [-0.39, 0.29) is 11.4 Å². The fourth-order valence-corrected chi connectivity index (χ4v) is 3.23. The summed E-state index contributed by atoms with van der Waals surface area (Å²) in [6, 6.07) is 15.3. The summed E-state index contributed by atoms with van der Waals surface area (Å²) in [5, 5.41) is 4.19. The molecule has 0 heterocycles. The van der Waals surface area contributed by atoms with Gasteiger partial charge in [-0.3, -0.25) is 4.79 Å². The SMILES string of the molecule is CN(CC(=O)N/N=C\C=C\c1ccccc1)S(=O)(=O)c1ccc(Cl)cc1. The molecule has 0 aliphatic rings. The average Bonchev–Trinajstić information content (AvgIpc) is 2.62. The molecule has 2 rings (SSSR count). The molecule has 0 fully saturated rings. The lowest BCUT2D eigenvalue weighted by molar-refractivity contribution is -0.121. The van der Waals surface area contributed by atoms with Crippen LogP contribution in [0.3, 0.4) is 0 Å². The highest BCUT2D eigenvalue weighted by atomic mass is 35.5. The number of likely N-dealkylation sites (N-methyl/N-ethyl adjacent to an activating group) is 1. The Balaban J connectivity index is 1.87. The number of benzene rings is 2. The van der Waals surface area contributed by atoms with Crippen LogP contribution in [0.2, 0.25) is 5.02 Å². The molecule has 2 aromatic rings. The van der Waals surface area contributed by atoms with Crippen molar-refractivity contribution in [2.75, 3.05) is 13.6 Å². The summed E-state index contributed by atoms with van der Waals surface area (Å²) in [4.78, 5) is 11.9. The van der Waals surface area contributed by atoms with Crippen LogP contribution < -0.4 is 5.43 Å². The van der Waals surface area contributed by atoms with Crippen molar-refractivity contribution in [1.82, 2.24) is 9.73 Å². The summed E-state index contributed by atoms with van der Waals surface area (Å²) in [5.41, 5.74) is 3.28. The summed E-state index contributed by atoms with van der Waals surface area (Å²) in [6.45, 7) is -0.356. The summed E-state index contributed by atoms with van der Waals surface area (Å²) < 4.78 is 25.7. The minimum absolute atomic E-state index is 0.0616. The third-order valence-electron chi connectivity index (χ3n) is 3.33. The molecule has 0 saturated heterocycles. The first-order valence-corrected chi connectivity index (χ1v) is 9.47. The van der Waals surface area contributed by atoms with Crippen LogP contribution in [0.5, 0.6) is 0 Å². The predicted molar refractivity (Wildman–Crippen MR) is 103 cm³/mol. The predicted octanol–water partition coefficient (Wildman–Crippen LogP) is 2.78. The van der Waals surface area contributed by atoms with Crippen molar-refractivity contribution in [3.8, 4) is 0 Å². The van der Waals surface area contributed by atoms with Crippen LogP contribution in [0.15, 0.2) is 70.7 Å². The number of hydrogen-bond acceptors (Lipinski definition) is 4. The van der Waals surface area contributed by atoms with Gasteiger partial charge in [-0.25, -0.2) is 13.8 Å². The normalized spacial score (nSPS) is 12.1. The van der Waals surface area contributed by atoms with Gasteiger partial charge in [-0.1, -0.05) is 48.0 Å². The van der Waals surface area contributed by atoms with Gasteiger partial charge in [0.25, 0.3) is 5.91 Å². The first kappa shape index (κ1) is 19.8. The Morgan fingerprint density at radius 1 is 1.15 bits per heavy atom. The molecule has 136 valence electrons. The van der Waals surface area contributed by atoms with Crippen molar-refractivity contribution in [3.05, 3.63) is 71.3 Å². The molecule has 1 N–H and O–H groups in total. The highest BCUT2D eigenvalue weighted by Crippen LogP contribution is 2.17. The van der Waals surface area contributed by atoms with E-state index in [0.717, 1.165) is 9.87 Å². The number of rotatable bonds is 7. The molecule has 0 aliphatic carbocycles. The molecule has 0 radical (unpaired) electrons. The first-order chi connectivity index (χ1) is 12.4. The molecule has 0 bridgehead atoms. The molecular weight excluding hydrogens is 374 g/mol. The number of nitrogens with one attached hydrogen (secondary N) is 1. The van der Waals surface area contributed by atoms with Gasteiger partial charge in [-0.05, 0) is 35.9 Å². The maximum Gasteiger partial charge on any atom is 0.255 e. The lowest BCUT2D eigenvalue weighted by Crippen LogP contribution is -2.36. The fourth-order valence-electron chi connectivity index (χ4n) is 1.98. The fraction of sp³-hybridized carbons (Fsp3) is 0.111. The third-order valence-corrected chi connectivity index (χ3v) is 5.40. The van der Waals surface area contributed by atoms with E-state index in [1.165, 1.54) is 37.5 Å². The van der Waals surface area contributed by atoms with Gasteiger partial charge >= 0.3 is 0 Å². The molecule has 0 saturated carbocycles. The number of halogens is 1. The van der Waals surface area contributed by atoms with Gasteiger partial charge in [0.2, 0.25) is 10.0 Å². The van der Waals surface area contributed by atoms with Crippen LogP contribution in [-0.2, 0) is 14.8 Å². The van der Waals surface area contributed by atoms with Crippen LogP contribution in [0.25, 0.3) is 6.08 Å². The highest BCUT2D eigenvalue weighted by molar-refractivity contribution is 7.89. The second-order valence-electron chi connectivity index (χ2n) is 5.30. The van der Waals surface area contributed by atoms with E-state index in [1.54, 1.807) is 6.08 Å². The first-order valence-electron chi connectivity index (χ1n) is 7.65. The Morgan fingerprint density at radius 3 is 2.46 bits per heavy atom. The number of carbonyl (C=O) groups excluding carboxylic acids is 1. The van der Waals surface area contributed by atoms with Gasteiger partial charge in [0.15, 0.2) is 0 Å². The second-order valence-corrected chi connectivity index (χ2v) is 7.78. The summed E-state index contributed by atoms with van der Waals surface area (Å²) in [7, 11) is -2.45. The van der Waals surface area contributed by atoms with E-state index in [2.05, 4.69) is 10.5 Å². The Kier molecular flexibility index (Phi) is 7.08. The molecule has 0 aromatic heterocycles. The highest BCUT2D eigenvalue weighted by Gasteiger charge is 2.22. The van der Waals surface area contributed by atoms with Crippen molar-refractivity contribution in [3.63, 3.8) is 0 Å². The third kappa shape index (κ3) is 5.80. The van der Waals surface area contributed by atoms with E-state index < -0.39 is 15.9 Å². The zero-order chi connectivity index (χ0) is 19.0. The van der Waals surface area contributed by atoms with E-state index in [0.29, 0.717) is 5.02 Å². The number of sulfonamides is 1. The van der Waals surface area contributed by atoms with E-state index in [9.17, 15) is 13.2 Å². The van der Waals surface area contributed by atoms with Crippen LogP contribution in [0.1, 0.15) is 5.56 Å². The lowest BCUT2D eigenvalue weighted by Gasteiger charge is -2.16. The van der Waals surface area contributed by atoms with E-state index in [1.807, 2.05) is 36.4 Å². The zero-order valence-electron chi connectivity index (χ0n) is 14.0. The largest absolute Gasteiger partial charge is 0.272 e. The van der Waals surface area contributed by atoms with Crippen LogP contribution in [0.4, 0.5) is 0 Å². The van der Waals surface area contributed by atoms with Gasteiger partial charge in [-0.2, -0.15) is 9.41 Å². The molecule has 8 heteroatoms. The van der Waals surface area contributed by atoms with Crippen molar-refractivity contribution >= 4 is 39.8 Å². The molecule has 0 atom stereocenters. The summed E-state index contributed by atoms with van der Waals surface area (Å²) >= 11 is 5.75. The number of nitrogens with zero attached hydrogens (tertiary/aromatic N) is 2. The Labute approximate surface area is 157 Å². The number of hydrazone groups is 1. The minimum atomic E-state index is -3.77. The van der Waals surface area contributed by atoms with Crippen LogP contribution >= 0.6 is 11.6 Å². The summed E-state index contributed by atoms with van der Waals surface area (Å²) in [5.74, 6) is -0.547. The maximum atomic E-state index is 12.4. The van der Waals surface area contributed by atoms with E-state index in [4.69, 9.17) is 11.6 Å². The minimum Gasteiger partial charge on any atom is -0.272 e. The molecule has 6 nitrogen and oxygen atoms in total. The molecule has 0 spiro atoms. The molecular formula is C18H18ClN3O3S. The molecule has 0 aliphatic heterocycles. The van der Waals surface area contributed by atoms with Gasteiger partial charge < -0.3 is 0 Å². The van der Waals surface area contributed by atoms with Gasteiger partial charge in [-0.15, -0.1) is 0 Å². The van der Waals surface area contributed by atoms with Gasteiger partial charge in [0.1, 0.15) is 0 Å². The zero-order valence-corrected chi connectivity index (χ0v) is 15.6. The second kappa shape index (κ2) is 9.28.